The first-order valence-electron chi connectivity index (χ1n) is 2.57. The van der Waals surface area contributed by atoms with Crippen molar-refractivity contribution < 1.29 is 78.8 Å². The average molecular weight is 254 g/mol. The molecule has 0 bridgehead atoms. The summed E-state index contributed by atoms with van der Waals surface area (Å²) >= 11 is 0. The van der Waals surface area contributed by atoms with Gasteiger partial charge in [-0.15, -0.1) is 0 Å². The van der Waals surface area contributed by atoms with E-state index in [1.807, 2.05) is 0 Å². The Labute approximate surface area is 118 Å². The van der Waals surface area contributed by atoms with Crippen LogP contribution in [0.1, 0.15) is 10.4 Å². The van der Waals surface area contributed by atoms with Crippen molar-refractivity contribution in [3.05, 3.63) is 35.9 Å². The molecule has 2 nitrogen and oxygen atoms in total. The van der Waals surface area contributed by atoms with Gasteiger partial charge in [0.2, 0.25) is 0 Å². The fourth-order valence-corrected chi connectivity index (χ4v) is 0.574. The van der Waals surface area contributed by atoms with Crippen LogP contribution in [0, 0.1) is 0 Å². The molecule has 0 spiro atoms. The van der Waals surface area contributed by atoms with Crippen LogP contribution >= 0.6 is 0 Å². The van der Waals surface area contributed by atoms with Gasteiger partial charge in [-0.25, -0.2) is 0 Å². The van der Waals surface area contributed by atoms with Crippen LogP contribution in [0.2, 0.25) is 0 Å². The molecule has 0 N–H and O–H groups in total. The predicted molar refractivity (Wildman–Crippen MR) is 30.8 cm³/mol. The minimum atomic E-state index is -1.13. The zero-order chi connectivity index (χ0) is 6.69. The number of carbonyl (C=O) groups excluding carboxylic acids is 1. The maximum Gasteiger partial charge on any atom is 1.00 e. The first-order valence-corrected chi connectivity index (χ1v) is 2.57. The molecule has 10 heavy (non-hydrogen) atoms. The minimum absolute atomic E-state index is 0. The number of benzene rings is 1. The second-order valence-electron chi connectivity index (χ2n) is 1.65. The maximum atomic E-state index is 10.1. The van der Waals surface area contributed by atoms with Gasteiger partial charge in [-0.05, 0) is 5.56 Å². The van der Waals surface area contributed by atoms with Crippen LogP contribution in [0.4, 0.5) is 0 Å². The van der Waals surface area contributed by atoms with Crippen LogP contribution in [0.15, 0.2) is 30.3 Å². The Morgan fingerprint density at radius 3 is 2.00 bits per heavy atom. The van der Waals surface area contributed by atoms with Gasteiger partial charge in [-0.1, -0.05) is 30.3 Å². The SMILES string of the molecule is O=C([O-])c1ccccc1.[Cs+]. The van der Waals surface area contributed by atoms with Crippen molar-refractivity contribution >= 4 is 5.97 Å². The van der Waals surface area contributed by atoms with E-state index in [4.69, 9.17) is 0 Å². The first-order chi connectivity index (χ1) is 4.30. The topological polar surface area (TPSA) is 40.1 Å². The monoisotopic (exact) mass is 254 g/mol. The molecule has 0 heterocycles. The Morgan fingerprint density at radius 2 is 1.70 bits per heavy atom. The third-order valence-electron chi connectivity index (χ3n) is 1.01. The van der Waals surface area contributed by atoms with Gasteiger partial charge in [0.25, 0.3) is 0 Å². The molecule has 0 saturated carbocycles. The van der Waals surface area contributed by atoms with E-state index >= 15 is 0 Å². The second-order valence-corrected chi connectivity index (χ2v) is 1.65. The van der Waals surface area contributed by atoms with Gasteiger partial charge in [0, 0.05) is 0 Å². The third-order valence-corrected chi connectivity index (χ3v) is 1.01. The molecule has 0 saturated heterocycles. The normalized spacial score (nSPS) is 8.00. The molecular weight excluding hydrogens is 249 g/mol. The Bertz CT molecular complexity index is 208. The molecule has 46 valence electrons. The first kappa shape index (κ1) is 10.7. The van der Waals surface area contributed by atoms with Crippen LogP contribution < -0.4 is 74.0 Å². The molecule has 0 aliphatic carbocycles. The van der Waals surface area contributed by atoms with Crippen molar-refractivity contribution in [3.63, 3.8) is 0 Å². The van der Waals surface area contributed by atoms with E-state index in [9.17, 15) is 9.90 Å². The van der Waals surface area contributed by atoms with Gasteiger partial charge in [-0.2, -0.15) is 0 Å². The van der Waals surface area contributed by atoms with Gasteiger partial charge in [-0.3, -0.25) is 0 Å². The summed E-state index contributed by atoms with van der Waals surface area (Å²) in [6.07, 6.45) is 0. The fraction of sp³-hybridized carbons (Fsp3) is 0. The fourth-order valence-electron chi connectivity index (χ4n) is 0.574. The Balaban J connectivity index is 0.000000810. The van der Waals surface area contributed by atoms with Crippen molar-refractivity contribution in [2.24, 2.45) is 0 Å². The van der Waals surface area contributed by atoms with Gasteiger partial charge < -0.3 is 9.90 Å². The molecule has 0 amide bonds. The molecule has 3 heteroatoms. The minimum Gasteiger partial charge on any atom is -0.545 e. The van der Waals surface area contributed by atoms with Crippen molar-refractivity contribution in [1.82, 2.24) is 0 Å². The predicted octanol–water partition coefficient (Wildman–Crippen LogP) is -2.95. The zero-order valence-corrected chi connectivity index (χ0v) is 12.0. The maximum absolute atomic E-state index is 10.1. The Hall–Kier alpha value is 0.742. The summed E-state index contributed by atoms with van der Waals surface area (Å²) in [6, 6.07) is 8.06. The van der Waals surface area contributed by atoms with E-state index in [0.717, 1.165) is 0 Å². The van der Waals surface area contributed by atoms with Crippen LogP contribution in [0.25, 0.3) is 0 Å². The van der Waals surface area contributed by atoms with Crippen molar-refractivity contribution in [1.29, 1.82) is 0 Å². The molecule has 0 aromatic heterocycles. The van der Waals surface area contributed by atoms with Gasteiger partial charge in [0.1, 0.15) is 0 Å². The van der Waals surface area contributed by atoms with Gasteiger partial charge in [0.15, 0.2) is 0 Å². The smallest absolute Gasteiger partial charge is 0.545 e. The molecule has 1 rings (SSSR count). The molecular formula is C7H5CsO2. The summed E-state index contributed by atoms with van der Waals surface area (Å²) in [4.78, 5) is 10.1. The van der Waals surface area contributed by atoms with Crippen LogP contribution in [-0.2, 0) is 0 Å². The van der Waals surface area contributed by atoms with Crippen LogP contribution in [0.5, 0.6) is 0 Å². The molecule has 1 aromatic carbocycles. The number of carbonyl (C=O) groups is 1. The molecule has 0 atom stereocenters. The van der Waals surface area contributed by atoms with E-state index in [2.05, 4.69) is 0 Å². The summed E-state index contributed by atoms with van der Waals surface area (Å²) in [5, 5.41) is 10.1. The summed E-state index contributed by atoms with van der Waals surface area (Å²) < 4.78 is 0. The molecule has 1 aromatic rings. The largest absolute Gasteiger partial charge is 1.00 e. The van der Waals surface area contributed by atoms with E-state index in [1.165, 1.54) is 12.1 Å². The van der Waals surface area contributed by atoms with E-state index in [1.54, 1.807) is 18.2 Å². The standard InChI is InChI=1S/C7H6O2.Cs/c8-7(9)6-4-2-1-3-5-6;/h1-5H,(H,8,9);/q;+1/p-1. The Kier molecular flexibility index (Phi) is 5.80. The van der Waals surface area contributed by atoms with E-state index in [-0.39, 0.29) is 74.5 Å². The average Bonchev–Trinajstić information content (AvgIpc) is 1.90. The van der Waals surface area contributed by atoms with Crippen molar-refractivity contribution in [3.8, 4) is 0 Å². The van der Waals surface area contributed by atoms with Crippen molar-refractivity contribution in [2.45, 2.75) is 0 Å². The quantitative estimate of drug-likeness (QED) is 0.537. The number of hydrogen-bond donors (Lipinski definition) is 0. The number of aromatic carboxylic acids is 1. The van der Waals surface area contributed by atoms with Crippen LogP contribution in [-0.4, -0.2) is 5.97 Å². The number of rotatable bonds is 1. The van der Waals surface area contributed by atoms with Gasteiger partial charge >= 0.3 is 68.9 Å². The Morgan fingerprint density at radius 1 is 1.20 bits per heavy atom. The molecule has 0 radical (unpaired) electrons. The molecule has 0 unspecified atom stereocenters. The number of carboxylic acid groups (broad SMARTS) is 1. The second kappa shape index (κ2) is 5.40. The summed E-state index contributed by atoms with van der Waals surface area (Å²) in [5.74, 6) is -1.13. The summed E-state index contributed by atoms with van der Waals surface area (Å²) in [7, 11) is 0. The zero-order valence-electron chi connectivity index (χ0n) is 5.70. The summed E-state index contributed by atoms with van der Waals surface area (Å²) in [5.41, 5.74) is 0.220. The van der Waals surface area contributed by atoms with Crippen LogP contribution in [0.3, 0.4) is 0 Å². The number of hydrogen-bond acceptors (Lipinski definition) is 2. The van der Waals surface area contributed by atoms with E-state index < -0.39 is 5.97 Å². The van der Waals surface area contributed by atoms with Gasteiger partial charge in [0.05, 0.1) is 5.97 Å². The van der Waals surface area contributed by atoms with Crippen molar-refractivity contribution in [2.75, 3.05) is 0 Å². The molecule has 0 aliphatic rings. The van der Waals surface area contributed by atoms with E-state index in [0.29, 0.717) is 0 Å². The molecule has 0 aliphatic heterocycles. The number of carboxylic acids is 1. The third kappa shape index (κ3) is 3.23. The molecule has 0 fully saturated rings. The summed E-state index contributed by atoms with van der Waals surface area (Å²) in [6.45, 7) is 0.